The van der Waals surface area contributed by atoms with Crippen LogP contribution in [0, 0.1) is 6.92 Å². The highest BCUT2D eigenvalue weighted by Crippen LogP contribution is 2.26. The molecule has 0 aliphatic carbocycles. The zero-order chi connectivity index (χ0) is 23.5. The number of nitrogens with zero attached hydrogens (tertiary/aromatic N) is 5. The van der Waals surface area contributed by atoms with E-state index in [1.807, 2.05) is 11.8 Å². The lowest BCUT2D eigenvalue weighted by molar-refractivity contribution is -0.129. The van der Waals surface area contributed by atoms with Crippen molar-refractivity contribution in [1.82, 2.24) is 30.0 Å². The molecule has 1 fully saturated rings. The van der Waals surface area contributed by atoms with Crippen LogP contribution in [0.2, 0.25) is 0 Å². The van der Waals surface area contributed by atoms with Crippen molar-refractivity contribution in [3.05, 3.63) is 41.2 Å². The second-order valence-electron chi connectivity index (χ2n) is 9.42. The molecule has 4 heterocycles. The Labute approximate surface area is 200 Å². The van der Waals surface area contributed by atoms with Gasteiger partial charge in [0.1, 0.15) is 16.9 Å². The fourth-order valence-electron chi connectivity index (χ4n) is 5.03. The Morgan fingerprint density at radius 1 is 1.12 bits per heavy atom. The van der Waals surface area contributed by atoms with Gasteiger partial charge in [-0.15, -0.1) is 0 Å². The molecule has 1 aromatic carbocycles. The number of carbonyl (C=O) groups is 1. The SMILES string of the molecule is CC(=O)N1CCC(Nc2nc(C)nc3c(NCCCN4CCc5ccccc5C4)n[nH]c23)CC1. The number of hydrogen-bond acceptors (Lipinski definition) is 7. The molecule has 3 aromatic rings. The number of carbonyl (C=O) groups excluding carboxylic acids is 1. The summed E-state index contributed by atoms with van der Waals surface area (Å²) in [7, 11) is 0. The number of H-pyrrole nitrogens is 1. The van der Waals surface area contributed by atoms with Gasteiger partial charge in [-0.25, -0.2) is 9.97 Å². The van der Waals surface area contributed by atoms with E-state index in [-0.39, 0.29) is 11.9 Å². The predicted molar refractivity (Wildman–Crippen MR) is 134 cm³/mol. The molecule has 0 atom stereocenters. The normalized spacial score (nSPS) is 17.1. The van der Waals surface area contributed by atoms with Crippen LogP contribution in [0.25, 0.3) is 11.0 Å². The maximum Gasteiger partial charge on any atom is 0.219 e. The van der Waals surface area contributed by atoms with Gasteiger partial charge in [-0.1, -0.05) is 24.3 Å². The van der Waals surface area contributed by atoms with Gasteiger partial charge in [0, 0.05) is 52.2 Å². The predicted octanol–water partition coefficient (Wildman–Crippen LogP) is 2.94. The lowest BCUT2D eigenvalue weighted by Gasteiger charge is -2.32. The Morgan fingerprint density at radius 2 is 1.91 bits per heavy atom. The minimum atomic E-state index is 0.146. The smallest absolute Gasteiger partial charge is 0.219 e. The highest BCUT2D eigenvalue weighted by molar-refractivity contribution is 5.93. The van der Waals surface area contributed by atoms with E-state index in [9.17, 15) is 4.79 Å². The Balaban J connectivity index is 1.17. The average Bonchev–Trinajstić information content (AvgIpc) is 3.25. The van der Waals surface area contributed by atoms with Gasteiger partial charge in [-0.3, -0.25) is 14.8 Å². The van der Waals surface area contributed by atoms with Crippen LogP contribution in [-0.2, 0) is 17.8 Å². The third kappa shape index (κ3) is 4.99. The van der Waals surface area contributed by atoms with Crippen LogP contribution in [0.15, 0.2) is 24.3 Å². The van der Waals surface area contributed by atoms with E-state index in [4.69, 9.17) is 0 Å². The fraction of sp³-hybridized carbons (Fsp3) is 0.520. The minimum Gasteiger partial charge on any atom is -0.367 e. The summed E-state index contributed by atoms with van der Waals surface area (Å²) >= 11 is 0. The molecule has 3 N–H and O–H groups in total. The molecule has 2 aliphatic rings. The van der Waals surface area contributed by atoms with Crippen LogP contribution in [0.5, 0.6) is 0 Å². The Hall–Kier alpha value is -3.20. The van der Waals surface area contributed by atoms with E-state index in [1.165, 1.54) is 11.1 Å². The van der Waals surface area contributed by atoms with E-state index in [2.05, 4.69) is 60.0 Å². The highest BCUT2D eigenvalue weighted by Gasteiger charge is 2.23. The number of benzene rings is 1. The molecule has 1 saturated heterocycles. The summed E-state index contributed by atoms with van der Waals surface area (Å²) in [5.41, 5.74) is 4.60. The number of aromatic amines is 1. The Kier molecular flexibility index (Phi) is 6.62. The second-order valence-corrected chi connectivity index (χ2v) is 9.42. The molecule has 0 unspecified atom stereocenters. The highest BCUT2D eigenvalue weighted by atomic mass is 16.2. The van der Waals surface area contributed by atoms with Crippen LogP contribution in [0.3, 0.4) is 0 Å². The largest absolute Gasteiger partial charge is 0.367 e. The molecule has 2 aliphatic heterocycles. The van der Waals surface area contributed by atoms with Crippen LogP contribution < -0.4 is 10.6 Å². The van der Waals surface area contributed by atoms with Crippen LogP contribution in [0.1, 0.15) is 43.1 Å². The molecule has 9 heteroatoms. The number of likely N-dealkylation sites (tertiary alicyclic amines) is 1. The first-order valence-electron chi connectivity index (χ1n) is 12.3. The number of amides is 1. The van der Waals surface area contributed by atoms with Crippen molar-refractivity contribution in [3.8, 4) is 0 Å². The molecule has 0 bridgehead atoms. The van der Waals surface area contributed by atoms with Crippen molar-refractivity contribution in [3.63, 3.8) is 0 Å². The van der Waals surface area contributed by atoms with Gasteiger partial charge in [-0.2, -0.15) is 5.10 Å². The van der Waals surface area contributed by atoms with Gasteiger partial charge in [-0.05, 0) is 43.7 Å². The summed E-state index contributed by atoms with van der Waals surface area (Å²) in [6.07, 6.45) is 3.99. The topological polar surface area (TPSA) is 102 Å². The molecule has 1 amide bonds. The van der Waals surface area contributed by atoms with Gasteiger partial charge < -0.3 is 15.5 Å². The van der Waals surface area contributed by atoms with Gasteiger partial charge in [0.25, 0.3) is 0 Å². The molecule has 180 valence electrons. The number of fused-ring (bicyclic) bond motifs is 2. The average molecular weight is 463 g/mol. The first-order chi connectivity index (χ1) is 16.6. The van der Waals surface area contributed by atoms with Crippen molar-refractivity contribution in [2.24, 2.45) is 0 Å². The summed E-state index contributed by atoms with van der Waals surface area (Å²) in [5.74, 6) is 2.43. The summed E-state index contributed by atoms with van der Waals surface area (Å²) in [5, 5.41) is 14.7. The quantitative estimate of drug-likeness (QED) is 0.464. The first-order valence-corrected chi connectivity index (χ1v) is 12.3. The van der Waals surface area contributed by atoms with E-state index < -0.39 is 0 Å². The van der Waals surface area contributed by atoms with Crippen molar-refractivity contribution in [2.75, 3.05) is 43.4 Å². The van der Waals surface area contributed by atoms with E-state index >= 15 is 0 Å². The van der Waals surface area contributed by atoms with Crippen LogP contribution in [-0.4, -0.2) is 74.6 Å². The van der Waals surface area contributed by atoms with Gasteiger partial charge in [0.2, 0.25) is 5.91 Å². The van der Waals surface area contributed by atoms with Crippen molar-refractivity contribution < 1.29 is 4.79 Å². The number of rotatable bonds is 7. The lowest BCUT2D eigenvalue weighted by atomic mass is 10.00. The number of aromatic nitrogens is 4. The van der Waals surface area contributed by atoms with Crippen molar-refractivity contribution in [2.45, 2.75) is 52.1 Å². The van der Waals surface area contributed by atoms with Gasteiger partial charge >= 0.3 is 0 Å². The van der Waals surface area contributed by atoms with E-state index in [1.54, 1.807) is 6.92 Å². The van der Waals surface area contributed by atoms with Gasteiger partial charge in [0.15, 0.2) is 11.6 Å². The van der Waals surface area contributed by atoms with E-state index in [0.29, 0.717) is 5.82 Å². The van der Waals surface area contributed by atoms with Crippen molar-refractivity contribution >= 4 is 28.6 Å². The first kappa shape index (κ1) is 22.6. The molecule has 9 nitrogen and oxygen atoms in total. The summed E-state index contributed by atoms with van der Waals surface area (Å²) in [6.45, 7) is 9.15. The zero-order valence-corrected chi connectivity index (χ0v) is 20.1. The van der Waals surface area contributed by atoms with E-state index in [0.717, 1.165) is 87.6 Å². The van der Waals surface area contributed by atoms with Crippen LogP contribution >= 0.6 is 0 Å². The second kappa shape index (κ2) is 9.97. The molecule has 0 saturated carbocycles. The third-order valence-corrected chi connectivity index (χ3v) is 6.96. The summed E-state index contributed by atoms with van der Waals surface area (Å²) < 4.78 is 0. The minimum absolute atomic E-state index is 0.146. The summed E-state index contributed by atoms with van der Waals surface area (Å²) in [4.78, 5) is 25.3. The maximum absolute atomic E-state index is 11.6. The number of anilines is 2. The summed E-state index contributed by atoms with van der Waals surface area (Å²) in [6, 6.07) is 9.04. The molecule has 5 rings (SSSR count). The van der Waals surface area contributed by atoms with Crippen molar-refractivity contribution in [1.29, 1.82) is 0 Å². The molecular formula is C25H34N8O. The Morgan fingerprint density at radius 3 is 2.71 bits per heavy atom. The molecule has 34 heavy (non-hydrogen) atoms. The Bertz CT molecular complexity index is 1150. The lowest BCUT2D eigenvalue weighted by Crippen LogP contribution is -2.41. The molecule has 0 spiro atoms. The monoisotopic (exact) mass is 462 g/mol. The standard InChI is InChI=1S/C25H34N8O/c1-17-27-22-23(25(28-17)29-21-9-14-33(15-10-21)18(2)34)30-31-24(22)26-11-5-12-32-13-8-19-6-3-4-7-20(19)16-32/h3-4,6-7,21H,5,8-16H2,1-2H3,(H2,26,30,31)(H,27,28,29). The molecule has 2 aromatic heterocycles. The number of piperidine rings is 1. The zero-order valence-electron chi connectivity index (χ0n) is 20.1. The maximum atomic E-state index is 11.6. The fourth-order valence-corrected chi connectivity index (χ4v) is 5.03. The molecular weight excluding hydrogens is 428 g/mol. The van der Waals surface area contributed by atoms with Crippen LogP contribution in [0.4, 0.5) is 11.6 Å². The number of nitrogens with one attached hydrogen (secondary N) is 3. The number of hydrogen-bond donors (Lipinski definition) is 3. The number of aryl methyl sites for hydroxylation is 1. The van der Waals surface area contributed by atoms with Gasteiger partial charge in [0.05, 0.1) is 0 Å². The third-order valence-electron chi connectivity index (χ3n) is 6.96. The molecule has 0 radical (unpaired) electrons.